The van der Waals surface area contributed by atoms with Crippen LogP contribution in [-0.4, -0.2) is 50.8 Å². The summed E-state index contributed by atoms with van der Waals surface area (Å²) in [5, 5.41) is 3.29. The van der Waals surface area contributed by atoms with Crippen LogP contribution in [0.3, 0.4) is 0 Å². The van der Waals surface area contributed by atoms with Crippen LogP contribution in [0.1, 0.15) is 29.3 Å². The number of rotatable bonds is 8. The molecule has 1 aliphatic heterocycles. The van der Waals surface area contributed by atoms with Gasteiger partial charge in [-0.3, -0.25) is 9.69 Å². The second-order valence-electron chi connectivity index (χ2n) is 6.88. The predicted octanol–water partition coefficient (Wildman–Crippen LogP) is 4.22. The Kier molecular flexibility index (Phi) is 7.75. The fraction of sp³-hybridized carbons (Fsp3) is 0.409. The van der Waals surface area contributed by atoms with Crippen molar-refractivity contribution in [3.05, 3.63) is 52.5 Å². The Morgan fingerprint density at radius 3 is 2.76 bits per heavy atom. The van der Waals surface area contributed by atoms with E-state index in [1.165, 1.54) is 7.11 Å². The Balaban J connectivity index is 1.71. The van der Waals surface area contributed by atoms with Crippen molar-refractivity contribution in [3.8, 4) is 11.5 Å². The zero-order valence-corrected chi connectivity index (χ0v) is 17.6. The van der Waals surface area contributed by atoms with Crippen LogP contribution in [0, 0.1) is 0 Å². The molecule has 1 amide bonds. The molecule has 3 rings (SSSR count). The zero-order chi connectivity index (χ0) is 20.6. The first kappa shape index (κ1) is 21.4. The molecule has 2 aromatic rings. The first-order valence-electron chi connectivity index (χ1n) is 9.81. The molecule has 2 aromatic carbocycles. The molecule has 0 bridgehead atoms. The van der Waals surface area contributed by atoms with Crippen molar-refractivity contribution < 1.29 is 19.0 Å². The second kappa shape index (κ2) is 10.5. The molecule has 7 heteroatoms. The summed E-state index contributed by atoms with van der Waals surface area (Å²) in [5.41, 5.74) is 2.29. The van der Waals surface area contributed by atoms with Crippen molar-refractivity contribution in [3.63, 3.8) is 0 Å². The van der Waals surface area contributed by atoms with Gasteiger partial charge in [-0.25, -0.2) is 0 Å². The number of morpholine rings is 1. The summed E-state index contributed by atoms with van der Waals surface area (Å²) in [7, 11) is 1.53. The van der Waals surface area contributed by atoms with E-state index < -0.39 is 0 Å². The van der Waals surface area contributed by atoms with Crippen LogP contribution in [0.4, 0.5) is 5.69 Å². The Morgan fingerprint density at radius 2 is 2.03 bits per heavy atom. The van der Waals surface area contributed by atoms with Gasteiger partial charge in [-0.2, -0.15) is 0 Å². The van der Waals surface area contributed by atoms with Gasteiger partial charge in [0.15, 0.2) is 11.5 Å². The third-order valence-corrected chi connectivity index (χ3v) is 4.92. The summed E-state index contributed by atoms with van der Waals surface area (Å²) in [4.78, 5) is 15.1. The summed E-state index contributed by atoms with van der Waals surface area (Å²) in [6, 6.07) is 11.1. The van der Waals surface area contributed by atoms with Crippen molar-refractivity contribution in [2.75, 3.05) is 45.3 Å². The van der Waals surface area contributed by atoms with Crippen LogP contribution >= 0.6 is 11.6 Å². The lowest BCUT2D eigenvalue weighted by atomic mass is 10.1. The number of benzene rings is 2. The summed E-state index contributed by atoms with van der Waals surface area (Å²) in [5.74, 6) is 0.646. The van der Waals surface area contributed by atoms with Crippen LogP contribution in [0.25, 0.3) is 0 Å². The molecule has 1 saturated heterocycles. The standard InChI is InChI=1S/C22H27ClN2O4/c1-3-9-29-21-19(23)13-17(14-20(21)27-2)22(26)24-18-6-4-5-16(12-18)15-25-7-10-28-11-8-25/h4-6,12-14H,3,7-11,15H2,1-2H3,(H,24,26). The van der Waals surface area contributed by atoms with E-state index in [4.69, 9.17) is 25.8 Å². The number of carbonyl (C=O) groups excluding carboxylic acids is 1. The van der Waals surface area contributed by atoms with Crippen molar-refractivity contribution in [1.29, 1.82) is 0 Å². The highest BCUT2D eigenvalue weighted by Crippen LogP contribution is 2.36. The van der Waals surface area contributed by atoms with E-state index in [1.54, 1.807) is 12.1 Å². The molecule has 1 heterocycles. The summed E-state index contributed by atoms with van der Waals surface area (Å²) < 4.78 is 16.4. The minimum absolute atomic E-state index is 0.254. The number of anilines is 1. The van der Waals surface area contributed by atoms with Crippen molar-refractivity contribution in [2.45, 2.75) is 19.9 Å². The lowest BCUT2D eigenvalue weighted by molar-refractivity contribution is 0.0342. The quantitative estimate of drug-likeness (QED) is 0.695. The molecule has 0 aliphatic carbocycles. The van der Waals surface area contributed by atoms with Gasteiger partial charge in [0.1, 0.15) is 0 Å². The molecule has 1 fully saturated rings. The molecular weight excluding hydrogens is 392 g/mol. The number of nitrogens with zero attached hydrogens (tertiary/aromatic N) is 1. The van der Waals surface area contributed by atoms with E-state index >= 15 is 0 Å². The zero-order valence-electron chi connectivity index (χ0n) is 16.9. The topological polar surface area (TPSA) is 60.0 Å². The van der Waals surface area contributed by atoms with Crippen LogP contribution < -0.4 is 14.8 Å². The van der Waals surface area contributed by atoms with Gasteiger partial charge in [-0.05, 0) is 36.2 Å². The smallest absolute Gasteiger partial charge is 0.255 e. The average Bonchev–Trinajstić information content (AvgIpc) is 2.73. The Bertz CT molecular complexity index is 838. The number of hydrogen-bond acceptors (Lipinski definition) is 5. The molecule has 1 N–H and O–H groups in total. The number of ether oxygens (including phenoxy) is 3. The van der Waals surface area contributed by atoms with E-state index in [0.717, 1.165) is 50.5 Å². The van der Waals surface area contributed by atoms with Gasteiger partial charge >= 0.3 is 0 Å². The van der Waals surface area contributed by atoms with Gasteiger partial charge in [0.05, 0.1) is 32.0 Å². The lowest BCUT2D eigenvalue weighted by Crippen LogP contribution is -2.35. The lowest BCUT2D eigenvalue weighted by Gasteiger charge is -2.26. The van der Waals surface area contributed by atoms with E-state index in [9.17, 15) is 4.79 Å². The minimum atomic E-state index is -0.254. The maximum atomic E-state index is 12.8. The normalized spacial score (nSPS) is 14.4. The average molecular weight is 419 g/mol. The van der Waals surface area contributed by atoms with Crippen molar-refractivity contribution >= 4 is 23.2 Å². The molecule has 0 aromatic heterocycles. The van der Waals surface area contributed by atoms with Gasteiger partial charge in [-0.1, -0.05) is 30.7 Å². The molecule has 6 nitrogen and oxygen atoms in total. The summed E-state index contributed by atoms with van der Waals surface area (Å²) in [6.07, 6.45) is 0.850. The predicted molar refractivity (Wildman–Crippen MR) is 114 cm³/mol. The number of halogens is 1. The van der Waals surface area contributed by atoms with E-state index in [-0.39, 0.29) is 5.91 Å². The second-order valence-corrected chi connectivity index (χ2v) is 7.29. The molecule has 0 atom stereocenters. The van der Waals surface area contributed by atoms with Gasteiger partial charge in [0.2, 0.25) is 0 Å². The van der Waals surface area contributed by atoms with Crippen LogP contribution in [0.15, 0.2) is 36.4 Å². The van der Waals surface area contributed by atoms with Crippen LogP contribution in [0.5, 0.6) is 11.5 Å². The molecule has 0 spiro atoms. The highest BCUT2D eigenvalue weighted by atomic mass is 35.5. The van der Waals surface area contributed by atoms with Crippen LogP contribution in [-0.2, 0) is 11.3 Å². The van der Waals surface area contributed by atoms with Gasteiger partial charge in [0, 0.05) is 30.9 Å². The van der Waals surface area contributed by atoms with Gasteiger partial charge in [0.25, 0.3) is 5.91 Å². The SMILES string of the molecule is CCCOc1c(Cl)cc(C(=O)Nc2cccc(CN3CCOCC3)c2)cc1OC. The van der Waals surface area contributed by atoms with Gasteiger partial charge in [-0.15, -0.1) is 0 Å². The highest BCUT2D eigenvalue weighted by Gasteiger charge is 2.16. The molecule has 0 radical (unpaired) electrons. The first-order valence-corrected chi connectivity index (χ1v) is 10.2. The van der Waals surface area contributed by atoms with Crippen molar-refractivity contribution in [2.24, 2.45) is 0 Å². The Labute approximate surface area is 176 Å². The number of methoxy groups -OCH3 is 1. The minimum Gasteiger partial charge on any atom is -0.493 e. The maximum Gasteiger partial charge on any atom is 0.255 e. The first-order chi connectivity index (χ1) is 14.1. The van der Waals surface area contributed by atoms with E-state index in [0.29, 0.717) is 28.7 Å². The van der Waals surface area contributed by atoms with E-state index in [1.807, 2.05) is 25.1 Å². The number of amides is 1. The molecule has 1 aliphatic rings. The number of carbonyl (C=O) groups is 1. The number of hydrogen-bond donors (Lipinski definition) is 1. The fourth-order valence-electron chi connectivity index (χ4n) is 3.16. The molecular formula is C22H27ClN2O4. The maximum absolute atomic E-state index is 12.8. The third-order valence-electron chi connectivity index (χ3n) is 4.64. The Morgan fingerprint density at radius 1 is 1.24 bits per heavy atom. The van der Waals surface area contributed by atoms with Gasteiger partial charge < -0.3 is 19.5 Å². The van der Waals surface area contributed by atoms with Crippen LogP contribution in [0.2, 0.25) is 5.02 Å². The Hall–Kier alpha value is -2.28. The molecule has 0 saturated carbocycles. The monoisotopic (exact) mass is 418 g/mol. The number of nitrogens with one attached hydrogen (secondary N) is 1. The molecule has 156 valence electrons. The molecule has 29 heavy (non-hydrogen) atoms. The summed E-state index contributed by atoms with van der Waals surface area (Å²) >= 11 is 6.33. The largest absolute Gasteiger partial charge is 0.493 e. The van der Waals surface area contributed by atoms with E-state index in [2.05, 4.69) is 16.3 Å². The molecule has 0 unspecified atom stereocenters. The third kappa shape index (κ3) is 5.85. The van der Waals surface area contributed by atoms with Crippen molar-refractivity contribution in [1.82, 2.24) is 4.90 Å². The summed E-state index contributed by atoms with van der Waals surface area (Å²) in [6.45, 7) is 6.72. The highest BCUT2D eigenvalue weighted by molar-refractivity contribution is 6.32. The fourth-order valence-corrected chi connectivity index (χ4v) is 3.43.